The molecule has 122 valence electrons. The average Bonchev–Trinajstić information content (AvgIpc) is 2.91. The van der Waals surface area contributed by atoms with E-state index in [1.807, 2.05) is 45.0 Å². The molecule has 0 unspecified atom stereocenters. The molecule has 6 nitrogen and oxygen atoms in total. The van der Waals surface area contributed by atoms with Crippen LogP contribution in [0.3, 0.4) is 0 Å². The van der Waals surface area contributed by atoms with Gasteiger partial charge in [0.15, 0.2) is 5.16 Å². The standard InChI is InChI=1S/C16H20N4O2S/c1-11(21)18-12-6-5-7-13(8-12)20-10-17-19-15(20)23-9-14(22)16(2,3)4/h5-8,10H,9H2,1-4H3,(H,18,21). The summed E-state index contributed by atoms with van der Waals surface area (Å²) in [7, 11) is 0. The van der Waals surface area contributed by atoms with Crippen LogP contribution in [0.2, 0.25) is 0 Å². The number of nitrogens with one attached hydrogen (secondary N) is 1. The number of rotatable bonds is 5. The average molecular weight is 332 g/mol. The van der Waals surface area contributed by atoms with E-state index in [4.69, 9.17) is 0 Å². The monoisotopic (exact) mass is 332 g/mol. The number of aromatic nitrogens is 3. The Kier molecular flexibility index (Phi) is 5.20. The molecule has 1 N–H and O–H groups in total. The van der Waals surface area contributed by atoms with Crippen molar-refractivity contribution in [2.24, 2.45) is 5.41 Å². The van der Waals surface area contributed by atoms with Gasteiger partial charge >= 0.3 is 0 Å². The summed E-state index contributed by atoms with van der Waals surface area (Å²) in [4.78, 5) is 23.2. The molecule has 0 bridgehead atoms. The Morgan fingerprint density at radius 1 is 1.30 bits per heavy atom. The highest BCUT2D eigenvalue weighted by Gasteiger charge is 2.22. The molecule has 0 spiro atoms. The molecule has 0 atom stereocenters. The molecule has 2 aromatic rings. The quantitative estimate of drug-likeness (QED) is 0.852. The zero-order valence-corrected chi connectivity index (χ0v) is 14.5. The number of carbonyl (C=O) groups is 2. The van der Waals surface area contributed by atoms with E-state index in [0.29, 0.717) is 16.6 Å². The van der Waals surface area contributed by atoms with Crippen molar-refractivity contribution in [3.05, 3.63) is 30.6 Å². The van der Waals surface area contributed by atoms with E-state index in [0.717, 1.165) is 5.69 Å². The van der Waals surface area contributed by atoms with Crippen molar-refractivity contribution in [3.63, 3.8) is 0 Å². The second-order valence-electron chi connectivity index (χ2n) is 6.18. The maximum absolute atomic E-state index is 12.1. The van der Waals surface area contributed by atoms with E-state index < -0.39 is 0 Å². The molecule has 0 aliphatic rings. The van der Waals surface area contributed by atoms with Crippen LogP contribution in [0.4, 0.5) is 5.69 Å². The van der Waals surface area contributed by atoms with Crippen molar-refractivity contribution in [3.8, 4) is 5.69 Å². The lowest BCUT2D eigenvalue weighted by Gasteiger charge is -2.15. The molecule has 1 amide bonds. The molecule has 0 radical (unpaired) electrons. The molecular weight excluding hydrogens is 312 g/mol. The highest BCUT2D eigenvalue weighted by atomic mass is 32.2. The number of amides is 1. The predicted octanol–water partition coefficient (Wildman–Crippen LogP) is 2.93. The summed E-state index contributed by atoms with van der Waals surface area (Å²) < 4.78 is 1.80. The summed E-state index contributed by atoms with van der Waals surface area (Å²) >= 11 is 1.36. The van der Waals surface area contributed by atoms with Crippen LogP contribution in [0, 0.1) is 5.41 Å². The van der Waals surface area contributed by atoms with E-state index in [2.05, 4.69) is 15.5 Å². The number of Topliss-reactive ketones (excluding diaryl/α,β-unsaturated/α-hetero) is 1. The Morgan fingerprint density at radius 3 is 2.70 bits per heavy atom. The highest BCUT2D eigenvalue weighted by Crippen LogP contribution is 2.24. The Balaban J connectivity index is 2.18. The van der Waals surface area contributed by atoms with Crippen LogP contribution in [0.5, 0.6) is 0 Å². The lowest BCUT2D eigenvalue weighted by Crippen LogP contribution is -2.22. The first-order valence-corrected chi connectivity index (χ1v) is 8.20. The number of anilines is 1. The summed E-state index contributed by atoms with van der Waals surface area (Å²) in [5.74, 6) is 0.369. The maximum atomic E-state index is 12.1. The fraction of sp³-hybridized carbons (Fsp3) is 0.375. The smallest absolute Gasteiger partial charge is 0.221 e. The van der Waals surface area contributed by atoms with Crippen LogP contribution in [0.15, 0.2) is 35.7 Å². The van der Waals surface area contributed by atoms with E-state index in [-0.39, 0.29) is 17.1 Å². The van der Waals surface area contributed by atoms with Gasteiger partial charge in [-0.25, -0.2) is 0 Å². The van der Waals surface area contributed by atoms with Gasteiger partial charge in [-0.15, -0.1) is 10.2 Å². The first kappa shape index (κ1) is 17.2. The summed E-state index contributed by atoms with van der Waals surface area (Å²) in [5.41, 5.74) is 1.15. The van der Waals surface area contributed by atoms with Crippen LogP contribution >= 0.6 is 11.8 Å². The Hall–Kier alpha value is -2.15. The van der Waals surface area contributed by atoms with E-state index >= 15 is 0 Å². The summed E-state index contributed by atoms with van der Waals surface area (Å²) in [6, 6.07) is 7.38. The first-order chi connectivity index (χ1) is 10.8. The Bertz CT molecular complexity index is 719. The third-order valence-electron chi connectivity index (χ3n) is 3.13. The van der Waals surface area contributed by atoms with Gasteiger partial charge < -0.3 is 5.32 Å². The molecule has 0 aliphatic heterocycles. The lowest BCUT2D eigenvalue weighted by atomic mass is 9.92. The van der Waals surface area contributed by atoms with Crippen molar-refractivity contribution in [1.29, 1.82) is 0 Å². The van der Waals surface area contributed by atoms with E-state index in [1.165, 1.54) is 18.7 Å². The van der Waals surface area contributed by atoms with Crippen LogP contribution in [-0.4, -0.2) is 32.2 Å². The summed E-state index contributed by atoms with van der Waals surface area (Å²) in [5, 5.41) is 11.4. The molecule has 2 rings (SSSR count). The molecule has 0 saturated heterocycles. The number of ketones is 1. The minimum absolute atomic E-state index is 0.128. The van der Waals surface area contributed by atoms with Gasteiger partial charge in [0.1, 0.15) is 12.1 Å². The van der Waals surface area contributed by atoms with Gasteiger partial charge in [-0.1, -0.05) is 38.6 Å². The second kappa shape index (κ2) is 6.95. The van der Waals surface area contributed by atoms with Crippen molar-refractivity contribution in [2.75, 3.05) is 11.1 Å². The zero-order chi connectivity index (χ0) is 17.0. The van der Waals surface area contributed by atoms with E-state index in [1.54, 1.807) is 10.9 Å². The molecule has 1 aromatic carbocycles. The first-order valence-electron chi connectivity index (χ1n) is 7.21. The van der Waals surface area contributed by atoms with Gasteiger partial charge in [0.2, 0.25) is 5.91 Å². The minimum atomic E-state index is -0.372. The van der Waals surface area contributed by atoms with E-state index in [9.17, 15) is 9.59 Å². The fourth-order valence-corrected chi connectivity index (χ4v) is 2.87. The van der Waals surface area contributed by atoms with Gasteiger partial charge in [-0.3, -0.25) is 14.2 Å². The van der Waals surface area contributed by atoms with Crippen molar-refractivity contribution in [1.82, 2.24) is 14.8 Å². The summed E-state index contributed by atoms with van der Waals surface area (Å²) in [6.07, 6.45) is 1.59. The van der Waals surface area contributed by atoms with Crippen LogP contribution < -0.4 is 5.32 Å². The van der Waals surface area contributed by atoms with Crippen LogP contribution in [0.1, 0.15) is 27.7 Å². The fourth-order valence-electron chi connectivity index (χ4n) is 1.78. The Labute approximate surface area is 139 Å². The van der Waals surface area contributed by atoms with Gasteiger partial charge in [0.25, 0.3) is 0 Å². The zero-order valence-electron chi connectivity index (χ0n) is 13.7. The molecule has 0 fully saturated rings. The van der Waals surface area contributed by atoms with Gasteiger partial charge in [0, 0.05) is 18.0 Å². The molecular formula is C16H20N4O2S. The topological polar surface area (TPSA) is 76.9 Å². The van der Waals surface area contributed by atoms with Crippen molar-refractivity contribution >= 4 is 29.1 Å². The minimum Gasteiger partial charge on any atom is -0.326 e. The largest absolute Gasteiger partial charge is 0.326 e. The number of hydrogen-bond acceptors (Lipinski definition) is 5. The third kappa shape index (κ3) is 4.66. The van der Waals surface area contributed by atoms with Crippen LogP contribution in [-0.2, 0) is 9.59 Å². The number of thioether (sulfide) groups is 1. The SMILES string of the molecule is CC(=O)Nc1cccc(-n2cnnc2SCC(=O)C(C)(C)C)c1. The molecule has 0 saturated carbocycles. The van der Waals surface area contributed by atoms with Crippen LogP contribution in [0.25, 0.3) is 5.69 Å². The molecule has 23 heavy (non-hydrogen) atoms. The van der Waals surface area contributed by atoms with Crippen molar-refractivity contribution in [2.45, 2.75) is 32.9 Å². The molecule has 1 heterocycles. The number of hydrogen-bond donors (Lipinski definition) is 1. The van der Waals surface area contributed by atoms with Crippen molar-refractivity contribution < 1.29 is 9.59 Å². The number of benzene rings is 1. The third-order valence-corrected chi connectivity index (χ3v) is 4.07. The van der Waals surface area contributed by atoms with Gasteiger partial charge in [0.05, 0.1) is 11.4 Å². The molecule has 0 aliphatic carbocycles. The lowest BCUT2D eigenvalue weighted by molar-refractivity contribution is -0.123. The van der Waals surface area contributed by atoms with Gasteiger partial charge in [-0.05, 0) is 18.2 Å². The molecule has 1 aromatic heterocycles. The summed E-state index contributed by atoms with van der Waals surface area (Å²) in [6.45, 7) is 7.16. The number of nitrogens with zero attached hydrogens (tertiary/aromatic N) is 3. The van der Waals surface area contributed by atoms with Gasteiger partial charge in [-0.2, -0.15) is 0 Å². The number of carbonyl (C=O) groups excluding carboxylic acids is 2. The normalized spacial score (nSPS) is 11.3. The predicted molar refractivity (Wildman–Crippen MR) is 90.8 cm³/mol. The maximum Gasteiger partial charge on any atom is 0.221 e. The highest BCUT2D eigenvalue weighted by molar-refractivity contribution is 7.99. The Morgan fingerprint density at radius 2 is 2.04 bits per heavy atom. The second-order valence-corrected chi connectivity index (χ2v) is 7.12. The molecule has 7 heteroatoms.